The van der Waals surface area contributed by atoms with Gasteiger partial charge in [0.2, 0.25) is 0 Å². The maximum Gasteiger partial charge on any atom is 0.418 e. The van der Waals surface area contributed by atoms with Crippen molar-refractivity contribution in [1.82, 2.24) is 4.98 Å². The van der Waals surface area contributed by atoms with Crippen LogP contribution in [-0.4, -0.2) is 16.1 Å². The van der Waals surface area contributed by atoms with Crippen LogP contribution in [0.1, 0.15) is 28.9 Å². The topological polar surface area (TPSA) is 76.2 Å². The van der Waals surface area contributed by atoms with Crippen LogP contribution in [0, 0.1) is 0 Å². The van der Waals surface area contributed by atoms with Crippen LogP contribution < -0.4 is 5.73 Å². The first-order valence-corrected chi connectivity index (χ1v) is 4.96. The molecule has 0 amide bonds. The van der Waals surface area contributed by atoms with E-state index in [2.05, 4.69) is 4.98 Å². The molecule has 0 saturated carbocycles. The molecule has 19 heavy (non-hydrogen) atoms. The molecule has 0 spiro atoms. The molecule has 0 aliphatic heterocycles. The number of carbonyl (C=O) groups is 1. The highest BCUT2D eigenvalue weighted by atomic mass is 19.4. The third-order valence-electron chi connectivity index (χ3n) is 2.27. The Kier molecular flexibility index (Phi) is 4.40. The van der Waals surface area contributed by atoms with Crippen molar-refractivity contribution in [3.05, 3.63) is 28.6 Å². The van der Waals surface area contributed by atoms with E-state index < -0.39 is 54.1 Å². The van der Waals surface area contributed by atoms with Gasteiger partial charge < -0.3 is 10.8 Å². The molecular weight excluding hydrogens is 275 g/mol. The lowest BCUT2D eigenvalue weighted by atomic mass is 10.0. The van der Waals surface area contributed by atoms with E-state index in [1.54, 1.807) is 0 Å². The maximum absolute atomic E-state index is 12.7. The lowest BCUT2D eigenvalue weighted by Gasteiger charge is -2.15. The zero-order chi connectivity index (χ0) is 14.8. The first-order chi connectivity index (χ1) is 8.66. The summed E-state index contributed by atoms with van der Waals surface area (Å²) in [7, 11) is 0. The monoisotopic (exact) mass is 284 g/mol. The number of hydrogen-bond acceptors (Lipinski definition) is 3. The molecule has 0 saturated heterocycles. The van der Waals surface area contributed by atoms with Crippen molar-refractivity contribution in [2.24, 2.45) is 5.73 Å². The summed E-state index contributed by atoms with van der Waals surface area (Å²) >= 11 is 0. The van der Waals surface area contributed by atoms with Gasteiger partial charge in [0.15, 0.2) is 0 Å². The van der Waals surface area contributed by atoms with E-state index in [4.69, 9.17) is 10.8 Å². The smallest absolute Gasteiger partial charge is 0.418 e. The summed E-state index contributed by atoms with van der Waals surface area (Å²) in [6.07, 6.45) is -9.03. The van der Waals surface area contributed by atoms with Gasteiger partial charge in [-0.2, -0.15) is 13.2 Å². The molecule has 4 nitrogen and oxygen atoms in total. The van der Waals surface area contributed by atoms with Crippen LogP contribution in [0.5, 0.6) is 0 Å². The quantitative estimate of drug-likeness (QED) is 0.830. The number of nitrogens with two attached hydrogens (primary N) is 1. The van der Waals surface area contributed by atoms with Gasteiger partial charge in [0.1, 0.15) is 0 Å². The lowest BCUT2D eigenvalue weighted by molar-refractivity contribution is -0.138. The van der Waals surface area contributed by atoms with E-state index in [1.165, 1.54) is 0 Å². The van der Waals surface area contributed by atoms with Crippen molar-refractivity contribution in [1.29, 1.82) is 0 Å². The molecule has 3 N–H and O–H groups in total. The Morgan fingerprint density at radius 2 is 1.95 bits per heavy atom. The second-order valence-electron chi connectivity index (χ2n) is 3.59. The van der Waals surface area contributed by atoms with Crippen molar-refractivity contribution < 1.29 is 31.9 Å². The van der Waals surface area contributed by atoms with Crippen molar-refractivity contribution in [3.63, 3.8) is 0 Å². The molecule has 0 atom stereocenters. The van der Waals surface area contributed by atoms with Gasteiger partial charge in [-0.25, -0.2) is 8.78 Å². The molecule has 0 bridgehead atoms. The Morgan fingerprint density at radius 1 is 1.37 bits per heavy atom. The first kappa shape index (κ1) is 15.3. The summed E-state index contributed by atoms with van der Waals surface area (Å²) in [5.74, 6) is -1.47. The average molecular weight is 284 g/mol. The fraction of sp³-hybridized carbons (Fsp3) is 0.400. The number of hydrogen-bond donors (Lipinski definition) is 2. The van der Waals surface area contributed by atoms with Crippen LogP contribution in [-0.2, 0) is 23.9 Å². The second kappa shape index (κ2) is 5.47. The number of nitrogens with zero attached hydrogens (tertiary/aromatic N) is 1. The maximum atomic E-state index is 12.7. The van der Waals surface area contributed by atoms with Gasteiger partial charge in [0.25, 0.3) is 6.43 Å². The molecule has 0 radical (unpaired) electrons. The number of alkyl halides is 5. The van der Waals surface area contributed by atoms with Crippen molar-refractivity contribution in [2.45, 2.75) is 25.6 Å². The minimum absolute atomic E-state index is 0.206. The van der Waals surface area contributed by atoms with E-state index in [0.29, 0.717) is 0 Å². The van der Waals surface area contributed by atoms with Gasteiger partial charge >= 0.3 is 12.1 Å². The summed E-state index contributed by atoms with van der Waals surface area (Å²) in [5, 5.41) is 8.53. The Hall–Kier alpha value is -1.77. The van der Waals surface area contributed by atoms with Gasteiger partial charge in [0.05, 0.1) is 23.4 Å². The molecule has 1 aromatic heterocycles. The Balaban J connectivity index is 3.46. The van der Waals surface area contributed by atoms with Crippen molar-refractivity contribution in [3.8, 4) is 0 Å². The molecule has 106 valence electrons. The van der Waals surface area contributed by atoms with Crippen LogP contribution in [0.4, 0.5) is 22.0 Å². The summed E-state index contributed by atoms with van der Waals surface area (Å²) in [5.41, 5.74) is 1.38. The van der Waals surface area contributed by atoms with Crippen molar-refractivity contribution in [2.75, 3.05) is 0 Å². The molecule has 0 aliphatic rings. The highest BCUT2D eigenvalue weighted by Gasteiger charge is 2.36. The first-order valence-electron chi connectivity index (χ1n) is 4.96. The van der Waals surface area contributed by atoms with Crippen LogP contribution >= 0.6 is 0 Å². The number of pyridine rings is 1. The largest absolute Gasteiger partial charge is 0.481 e. The normalized spacial score (nSPS) is 11.9. The van der Waals surface area contributed by atoms with Gasteiger partial charge in [-0.1, -0.05) is 0 Å². The van der Waals surface area contributed by atoms with E-state index in [0.717, 1.165) is 0 Å². The number of carboxylic acid groups (broad SMARTS) is 1. The molecule has 0 fully saturated rings. The van der Waals surface area contributed by atoms with E-state index in [1.807, 2.05) is 0 Å². The van der Waals surface area contributed by atoms with Crippen LogP contribution in [0.3, 0.4) is 0 Å². The molecule has 0 unspecified atom stereocenters. The van der Waals surface area contributed by atoms with Gasteiger partial charge in [0, 0.05) is 12.1 Å². The SMILES string of the molecule is NCc1nc(CC(=O)O)c(C(F)F)cc1C(F)(F)F. The number of carboxylic acids is 1. The fourth-order valence-electron chi connectivity index (χ4n) is 1.48. The Morgan fingerprint density at radius 3 is 2.32 bits per heavy atom. The summed E-state index contributed by atoms with van der Waals surface area (Å²) in [6.45, 7) is -0.634. The molecule has 9 heteroatoms. The zero-order valence-corrected chi connectivity index (χ0v) is 9.34. The molecule has 0 aromatic carbocycles. The van der Waals surface area contributed by atoms with Gasteiger partial charge in [-0.05, 0) is 6.07 Å². The van der Waals surface area contributed by atoms with Gasteiger partial charge in [-0.15, -0.1) is 0 Å². The summed E-state index contributed by atoms with van der Waals surface area (Å²) in [4.78, 5) is 13.8. The zero-order valence-electron chi connectivity index (χ0n) is 9.34. The molecule has 1 aromatic rings. The highest BCUT2D eigenvalue weighted by Crippen LogP contribution is 2.35. The Bertz CT molecular complexity index is 488. The highest BCUT2D eigenvalue weighted by molar-refractivity contribution is 5.70. The fourth-order valence-corrected chi connectivity index (χ4v) is 1.48. The lowest BCUT2D eigenvalue weighted by Crippen LogP contribution is -2.18. The van der Waals surface area contributed by atoms with Gasteiger partial charge in [-0.3, -0.25) is 9.78 Å². The molecule has 1 rings (SSSR count). The third-order valence-corrected chi connectivity index (χ3v) is 2.27. The van der Waals surface area contributed by atoms with Crippen LogP contribution in [0.15, 0.2) is 6.07 Å². The minimum atomic E-state index is -4.88. The summed E-state index contributed by atoms with van der Waals surface area (Å²) < 4.78 is 63.1. The predicted octanol–water partition coefficient (Wildman–Crippen LogP) is 2.12. The number of halogens is 5. The van der Waals surface area contributed by atoms with Crippen LogP contribution in [0.2, 0.25) is 0 Å². The van der Waals surface area contributed by atoms with Crippen LogP contribution in [0.25, 0.3) is 0 Å². The van der Waals surface area contributed by atoms with Crippen molar-refractivity contribution >= 4 is 5.97 Å². The second-order valence-corrected chi connectivity index (χ2v) is 3.59. The molecule has 1 heterocycles. The number of aromatic nitrogens is 1. The average Bonchev–Trinajstić information content (AvgIpc) is 2.25. The summed E-state index contributed by atoms with van der Waals surface area (Å²) in [6, 6.07) is 0.206. The van der Waals surface area contributed by atoms with E-state index in [9.17, 15) is 26.7 Å². The number of rotatable bonds is 4. The van der Waals surface area contributed by atoms with E-state index in [-0.39, 0.29) is 6.07 Å². The molecular formula is C10H9F5N2O2. The Labute approximate surface area is 104 Å². The minimum Gasteiger partial charge on any atom is -0.481 e. The standard InChI is InChI=1S/C10H9F5N2O2/c11-9(12)4-1-5(10(13,14)15)7(3-16)17-6(4)2-8(18)19/h1,9H,2-3,16H2,(H,18,19). The third kappa shape index (κ3) is 3.60. The van der Waals surface area contributed by atoms with E-state index >= 15 is 0 Å². The number of aliphatic carboxylic acids is 1. The predicted molar refractivity (Wildman–Crippen MR) is 53.4 cm³/mol. The molecule has 0 aliphatic carbocycles.